The average Bonchev–Trinajstić information content (AvgIpc) is 3.25. The monoisotopic (exact) mass is 398 g/mol. The van der Waals surface area contributed by atoms with Gasteiger partial charge >= 0.3 is 0 Å². The van der Waals surface area contributed by atoms with E-state index in [1.165, 1.54) is 12.8 Å². The molecule has 1 atom stereocenters. The number of piperazine rings is 1. The van der Waals surface area contributed by atoms with Crippen molar-refractivity contribution in [2.24, 2.45) is 5.92 Å². The van der Waals surface area contributed by atoms with Gasteiger partial charge in [0.1, 0.15) is 5.82 Å². The van der Waals surface area contributed by atoms with Crippen molar-refractivity contribution in [2.45, 2.75) is 25.3 Å². The zero-order valence-electron chi connectivity index (χ0n) is 11.9. The zero-order valence-corrected chi connectivity index (χ0v) is 15.1. The molecule has 2 nitrogen and oxygen atoms in total. The van der Waals surface area contributed by atoms with Gasteiger partial charge in [-0.3, -0.25) is 4.90 Å². The van der Waals surface area contributed by atoms with Gasteiger partial charge in [-0.1, -0.05) is 25.0 Å². The van der Waals surface area contributed by atoms with Crippen molar-refractivity contribution < 1.29 is 4.39 Å². The third kappa shape index (κ3) is 4.80. The van der Waals surface area contributed by atoms with Crippen LogP contribution in [0.2, 0.25) is 0 Å². The molecule has 1 saturated carbocycles. The molecule has 2 fully saturated rings. The van der Waals surface area contributed by atoms with Gasteiger partial charge in [0.2, 0.25) is 0 Å². The summed E-state index contributed by atoms with van der Waals surface area (Å²) < 4.78 is 15.0. The van der Waals surface area contributed by atoms with Crippen LogP contribution in [0.3, 0.4) is 0 Å². The molecule has 1 aliphatic carbocycles. The molecule has 0 aromatic heterocycles. The van der Waals surface area contributed by atoms with Crippen LogP contribution in [0.4, 0.5) is 4.39 Å². The first kappa shape index (κ1) is 19.2. The number of rotatable bonds is 4. The van der Waals surface area contributed by atoms with Gasteiger partial charge in [0.05, 0.1) is 4.47 Å². The maximum Gasteiger partial charge on any atom is 0.142 e. The molecule has 1 aliphatic heterocycles. The summed E-state index contributed by atoms with van der Waals surface area (Å²) in [6.45, 7) is 4.06. The number of nitrogens with one attached hydrogen (secondary N) is 1. The molecular formula is C15H22BrCl2FN2. The Morgan fingerprint density at radius 1 is 1.24 bits per heavy atom. The topological polar surface area (TPSA) is 15.3 Å². The van der Waals surface area contributed by atoms with Crippen LogP contribution in [-0.4, -0.2) is 31.1 Å². The molecule has 1 heterocycles. The largest absolute Gasteiger partial charge is 0.314 e. The summed E-state index contributed by atoms with van der Waals surface area (Å²) in [6, 6.07) is 5.93. The first-order valence-electron chi connectivity index (χ1n) is 7.14. The van der Waals surface area contributed by atoms with E-state index in [0.717, 1.165) is 44.1 Å². The van der Waals surface area contributed by atoms with Crippen molar-refractivity contribution in [2.75, 3.05) is 26.2 Å². The Labute approximate surface area is 146 Å². The molecule has 1 saturated heterocycles. The maximum atomic E-state index is 14.4. The molecule has 0 bridgehead atoms. The molecule has 0 unspecified atom stereocenters. The Balaban J connectivity index is 0.00000110. The van der Waals surface area contributed by atoms with E-state index >= 15 is 0 Å². The van der Waals surface area contributed by atoms with Crippen molar-refractivity contribution in [3.63, 3.8) is 0 Å². The van der Waals surface area contributed by atoms with E-state index in [1.54, 1.807) is 6.07 Å². The second-order valence-electron chi connectivity index (χ2n) is 5.62. The summed E-state index contributed by atoms with van der Waals surface area (Å²) >= 11 is 3.31. The lowest BCUT2D eigenvalue weighted by atomic mass is 9.98. The highest BCUT2D eigenvalue weighted by Crippen LogP contribution is 2.41. The van der Waals surface area contributed by atoms with Crippen molar-refractivity contribution in [3.8, 4) is 0 Å². The number of hydrogen-bond donors (Lipinski definition) is 1. The Hall–Kier alpha value is 0.130. The SMILES string of the molecule is Cl.Cl.Fc1c(Br)cccc1[C@@H](CC1CC1)N1CCNCC1. The molecule has 21 heavy (non-hydrogen) atoms. The summed E-state index contributed by atoms with van der Waals surface area (Å²) in [5.74, 6) is 0.727. The molecule has 0 amide bonds. The van der Waals surface area contributed by atoms with Crippen molar-refractivity contribution in [1.82, 2.24) is 10.2 Å². The number of halogens is 4. The molecule has 3 rings (SSSR count). The normalized spacial score (nSPS) is 20.3. The van der Waals surface area contributed by atoms with Gasteiger partial charge in [0.15, 0.2) is 0 Å². The quantitative estimate of drug-likeness (QED) is 0.816. The highest BCUT2D eigenvalue weighted by atomic mass is 79.9. The van der Waals surface area contributed by atoms with E-state index in [2.05, 4.69) is 26.1 Å². The Morgan fingerprint density at radius 2 is 1.90 bits per heavy atom. The molecule has 1 N–H and O–H groups in total. The standard InChI is InChI=1S/C15H20BrFN2.2ClH/c16-13-3-1-2-12(15(13)17)14(10-11-4-5-11)19-8-6-18-7-9-19;;/h1-3,11,14,18H,4-10H2;2*1H/t14-;;/m1../s1. The van der Waals surface area contributed by atoms with Crippen LogP contribution in [0.25, 0.3) is 0 Å². The van der Waals surface area contributed by atoms with Crippen LogP contribution in [0.5, 0.6) is 0 Å². The predicted octanol–water partition coefficient (Wildman–Crippen LogP) is 4.18. The highest BCUT2D eigenvalue weighted by Gasteiger charge is 2.32. The molecule has 0 spiro atoms. The van der Waals surface area contributed by atoms with Gasteiger partial charge in [0.25, 0.3) is 0 Å². The lowest BCUT2D eigenvalue weighted by Gasteiger charge is -2.35. The van der Waals surface area contributed by atoms with E-state index < -0.39 is 0 Å². The summed E-state index contributed by atoms with van der Waals surface area (Å²) in [6.07, 6.45) is 3.74. The van der Waals surface area contributed by atoms with Gasteiger partial charge in [-0.05, 0) is 34.3 Å². The van der Waals surface area contributed by atoms with Crippen LogP contribution < -0.4 is 5.32 Å². The minimum atomic E-state index is -0.0771. The van der Waals surface area contributed by atoms with Gasteiger partial charge in [-0.25, -0.2) is 4.39 Å². The lowest BCUT2D eigenvalue weighted by Crippen LogP contribution is -2.45. The molecule has 1 aromatic rings. The van der Waals surface area contributed by atoms with Crippen LogP contribution >= 0.6 is 40.7 Å². The average molecular weight is 400 g/mol. The molecule has 0 radical (unpaired) electrons. The molecule has 120 valence electrons. The van der Waals surface area contributed by atoms with E-state index in [0.29, 0.717) is 4.47 Å². The maximum absolute atomic E-state index is 14.4. The summed E-state index contributed by atoms with van der Waals surface area (Å²) in [5.41, 5.74) is 0.864. The molecular weight excluding hydrogens is 378 g/mol. The number of nitrogens with zero attached hydrogens (tertiary/aromatic N) is 1. The smallest absolute Gasteiger partial charge is 0.142 e. The van der Waals surface area contributed by atoms with E-state index in [-0.39, 0.29) is 36.7 Å². The van der Waals surface area contributed by atoms with Crippen molar-refractivity contribution in [1.29, 1.82) is 0 Å². The Kier molecular flexibility index (Phi) is 7.93. The van der Waals surface area contributed by atoms with E-state index in [4.69, 9.17) is 0 Å². The van der Waals surface area contributed by atoms with Crippen LogP contribution in [0.1, 0.15) is 30.9 Å². The second-order valence-corrected chi connectivity index (χ2v) is 6.48. The van der Waals surface area contributed by atoms with Gasteiger partial charge < -0.3 is 5.32 Å². The Bertz CT molecular complexity index is 451. The fraction of sp³-hybridized carbons (Fsp3) is 0.600. The summed E-state index contributed by atoms with van der Waals surface area (Å²) in [5, 5.41) is 3.37. The third-order valence-corrected chi connectivity index (χ3v) is 4.80. The van der Waals surface area contributed by atoms with Crippen molar-refractivity contribution >= 4 is 40.7 Å². The molecule has 1 aromatic carbocycles. The fourth-order valence-corrected chi connectivity index (χ4v) is 3.30. The van der Waals surface area contributed by atoms with Crippen LogP contribution in [0, 0.1) is 11.7 Å². The van der Waals surface area contributed by atoms with Gasteiger partial charge in [-0.15, -0.1) is 24.8 Å². The van der Waals surface area contributed by atoms with E-state index in [9.17, 15) is 4.39 Å². The summed E-state index contributed by atoms with van der Waals surface area (Å²) in [7, 11) is 0. The van der Waals surface area contributed by atoms with Crippen LogP contribution in [0.15, 0.2) is 22.7 Å². The predicted molar refractivity (Wildman–Crippen MR) is 93.1 cm³/mol. The highest BCUT2D eigenvalue weighted by molar-refractivity contribution is 9.10. The van der Waals surface area contributed by atoms with E-state index in [1.807, 2.05) is 12.1 Å². The number of benzene rings is 1. The first-order chi connectivity index (χ1) is 9.25. The summed E-state index contributed by atoms with van der Waals surface area (Å²) in [4.78, 5) is 2.44. The van der Waals surface area contributed by atoms with Gasteiger partial charge in [0, 0.05) is 37.8 Å². The van der Waals surface area contributed by atoms with Crippen molar-refractivity contribution in [3.05, 3.63) is 34.1 Å². The molecule has 6 heteroatoms. The zero-order chi connectivity index (χ0) is 13.2. The fourth-order valence-electron chi connectivity index (χ4n) is 2.91. The lowest BCUT2D eigenvalue weighted by molar-refractivity contribution is 0.157. The van der Waals surface area contributed by atoms with Gasteiger partial charge in [-0.2, -0.15) is 0 Å². The van der Waals surface area contributed by atoms with Crippen LogP contribution in [-0.2, 0) is 0 Å². The number of hydrogen-bond acceptors (Lipinski definition) is 2. The minimum Gasteiger partial charge on any atom is -0.314 e. The second kappa shape index (κ2) is 8.68. The Morgan fingerprint density at radius 3 is 2.52 bits per heavy atom. The molecule has 2 aliphatic rings. The third-order valence-electron chi connectivity index (χ3n) is 4.19. The minimum absolute atomic E-state index is 0. The first-order valence-corrected chi connectivity index (χ1v) is 7.93.